The summed E-state index contributed by atoms with van der Waals surface area (Å²) < 4.78 is 7.73. The molecule has 4 heteroatoms. The summed E-state index contributed by atoms with van der Waals surface area (Å²) in [5.74, 6) is 0. The minimum Gasteiger partial charge on any atom is -0.376 e. The summed E-state index contributed by atoms with van der Waals surface area (Å²) in [6.07, 6.45) is 3.51. The number of morpholine rings is 1. The molecule has 0 amide bonds. The lowest BCUT2D eigenvalue weighted by molar-refractivity contribution is -0.0323. The zero-order chi connectivity index (χ0) is 15.8. The minimum atomic E-state index is 0.153. The smallest absolute Gasteiger partial charge is 0.251 e. The van der Waals surface area contributed by atoms with Gasteiger partial charge in [0.05, 0.1) is 18.2 Å². The van der Waals surface area contributed by atoms with Gasteiger partial charge in [0.15, 0.2) is 0 Å². The van der Waals surface area contributed by atoms with E-state index in [2.05, 4.69) is 30.0 Å². The summed E-state index contributed by atoms with van der Waals surface area (Å²) in [7, 11) is 0. The second-order valence-corrected chi connectivity index (χ2v) is 6.71. The van der Waals surface area contributed by atoms with Gasteiger partial charge in [-0.15, -0.1) is 0 Å². The number of ether oxygens (including phenoxy) is 1. The van der Waals surface area contributed by atoms with Crippen LogP contribution in [0.2, 0.25) is 0 Å². The Kier molecular flexibility index (Phi) is 3.95. The largest absolute Gasteiger partial charge is 0.376 e. The van der Waals surface area contributed by atoms with E-state index in [0.717, 1.165) is 52.0 Å². The molecule has 0 aliphatic carbocycles. The first-order valence-electron chi connectivity index (χ1n) is 8.74. The number of aryl methyl sites for hydroxylation is 2. The van der Waals surface area contributed by atoms with Gasteiger partial charge in [0.1, 0.15) is 0 Å². The Bertz CT molecular complexity index is 781. The molecule has 1 fully saturated rings. The molecule has 1 aromatic heterocycles. The van der Waals surface area contributed by atoms with E-state index in [1.807, 2.05) is 10.6 Å². The van der Waals surface area contributed by atoms with Crippen LogP contribution in [0.3, 0.4) is 0 Å². The van der Waals surface area contributed by atoms with Crippen molar-refractivity contribution in [1.82, 2.24) is 9.47 Å². The molecule has 0 radical (unpaired) electrons. The maximum Gasteiger partial charge on any atom is 0.251 e. The summed E-state index contributed by atoms with van der Waals surface area (Å²) in [4.78, 5) is 15.0. The average molecular weight is 312 g/mol. The van der Waals surface area contributed by atoms with Crippen LogP contribution in [0.15, 0.2) is 29.1 Å². The molecule has 0 N–H and O–H groups in total. The maximum absolute atomic E-state index is 12.6. The monoisotopic (exact) mass is 312 g/mol. The van der Waals surface area contributed by atoms with Gasteiger partial charge in [-0.3, -0.25) is 9.69 Å². The molecule has 1 atom stereocenters. The predicted octanol–water partition coefficient (Wildman–Crippen LogP) is 2.56. The zero-order valence-corrected chi connectivity index (χ0v) is 13.8. The van der Waals surface area contributed by atoms with Crippen LogP contribution in [-0.2, 0) is 24.2 Å². The van der Waals surface area contributed by atoms with Crippen LogP contribution in [0.25, 0.3) is 10.9 Å². The molecule has 2 aliphatic rings. The number of benzene rings is 1. The number of aromatic nitrogens is 1. The molecule has 23 heavy (non-hydrogen) atoms. The lowest BCUT2D eigenvalue weighted by Gasteiger charge is -2.33. The van der Waals surface area contributed by atoms with Crippen LogP contribution in [0, 0.1) is 0 Å². The summed E-state index contributed by atoms with van der Waals surface area (Å²) in [5, 5.41) is 1.25. The van der Waals surface area contributed by atoms with Crippen molar-refractivity contribution in [3.8, 4) is 0 Å². The number of pyridine rings is 1. The highest BCUT2D eigenvalue weighted by molar-refractivity contribution is 5.86. The molecular formula is C19H24N2O2. The lowest BCUT2D eigenvalue weighted by atomic mass is 9.98. The number of rotatable bonds is 3. The van der Waals surface area contributed by atoms with Crippen molar-refractivity contribution in [3.05, 3.63) is 45.7 Å². The van der Waals surface area contributed by atoms with E-state index in [1.54, 1.807) is 0 Å². The van der Waals surface area contributed by atoms with Crippen molar-refractivity contribution in [1.29, 1.82) is 0 Å². The Hall–Kier alpha value is -1.65. The topological polar surface area (TPSA) is 34.5 Å². The zero-order valence-electron chi connectivity index (χ0n) is 13.8. The van der Waals surface area contributed by atoms with Crippen molar-refractivity contribution in [3.63, 3.8) is 0 Å². The fourth-order valence-electron chi connectivity index (χ4n) is 3.98. The van der Waals surface area contributed by atoms with Gasteiger partial charge in [-0.05, 0) is 30.4 Å². The van der Waals surface area contributed by atoms with Crippen LogP contribution in [0.1, 0.15) is 30.9 Å². The summed E-state index contributed by atoms with van der Waals surface area (Å²) in [5.41, 5.74) is 3.81. The van der Waals surface area contributed by atoms with Gasteiger partial charge < -0.3 is 9.30 Å². The molecular weight excluding hydrogens is 288 g/mol. The van der Waals surface area contributed by atoms with Crippen molar-refractivity contribution in [2.24, 2.45) is 0 Å². The van der Waals surface area contributed by atoms with Crippen molar-refractivity contribution in [2.75, 3.05) is 19.7 Å². The molecule has 1 saturated heterocycles. The molecule has 122 valence electrons. The van der Waals surface area contributed by atoms with Gasteiger partial charge in [0.25, 0.3) is 5.56 Å². The van der Waals surface area contributed by atoms with Crippen molar-refractivity contribution < 1.29 is 4.74 Å². The van der Waals surface area contributed by atoms with Gasteiger partial charge in [0, 0.05) is 37.6 Å². The minimum absolute atomic E-state index is 0.153. The maximum atomic E-state index is 12.6. The van der Waals surface area contributed by atoms with E-state index in [0.29, 0.717) is 6.10 Å². The Morgan fingerprint density at radius 3 is 3.09 bits per heavy atom. The molecule has 4 nitrogen and oxygen atoms in total. The molecule has 4 rings (SSSR count). The molecule has 0 bridgehead atoms. The molecule has 0 saturated carbocycles. The summed E-state index contributed by atoms with van der Waals surface area (Å²) in [6, 6.07) is 8.33. The fourth-order valence-corrected chi connectivity index (χ4v) is 3.98. The Morgan fingerprint density at radius 1 is 1.30 bits per heavy atom. The number of hydrogen-bond donors (Lipinski definition) is 0. The van der Waals surface area contributed by atoms with Gasteiger partial charge in [-0.2, -0.15) is 0 Å². The van der Waals surface area contributed by atoms with Crippen LogP contribution >= 0.6 is 0 Å². The molecule has 0 unspecified atom stereocenters. The van der Waals surface area contributed by atoms with E-state index >= 15 is 0 Å². The van der Waals surface area contributed by atoms with Crippen molar-refractivity contribution >= 4 is 10.9 Å². The van der Waals surface area contributed by atoms with Crippen LogP contribution in [0.4, 0.5) is 0 Å². The highest BCUT2D eigenvalue weighted by Crippen LogP contribution is 2.26. The van der Waals surface area contributed by atoms with Gasteiger partial charge in [-0.25, -0.2) is 0 Å². The van der Waals surface area contributed by atoms with E-state index in [-0.39, 0.29) is 5.56 Å². The molecule has 0 spiro atoms. The SMILES string of the molecule is CC[C@@H]1CN(Cc2cc(=O)n3c4c(cccc24)CCC3)CCO1. The molecule has 2 aliphatic heterocycles. The Labute approximate surface area is 136 Å². The van der Waals surface area contributed by atoms with E-state index < -0.39 is 0 Å². The van der Waals surface area contributed by atoms with Gasteiger partial charge >= 0.3 is 0 Å². The number of nitrogens with zero attached hydrogens (tertiary/aromatic N) is 2. The summed E-state index contributed by atoms with van der Waals surface area (Å²) in [6.45, 7) is 6.56. The first-order valence-corrected chi connectivity index (χ1v) is 8.74. The quantitative estimate of drug-likeness (QED) is 0.873. The second kappa shape index (κ2) is 6.10. The third kappa shape index (κ3) is 2.70. The third-order valence-electron chi connectivity index (χ3n) is 5.20. The highest BCUT2D eigenvalue weighted by Gasteiger charge is 2.21. The predicted molar refractivity (Wildman–Crippen MR) is 91.8 cm³/mol. The van der Waals surface area contributed by atoms with E-state index in [4.69, 9.17) is 4.74 Å². The molecule has 1 aromatic carbocycles. The van der Waals surface area contributed by atoms with Gasteiger partial charge in [-0.1, -0.05) is 25.1 Å². The van der Waals surface area contributed by atoms with E-state index in [9.17, 15) is 4.79 Å². The van der Waals surface area contributed by atoms with Gasteiger partial charge in [0.2, 0.25) is 0 Å². The average Bonchev–Trinajstić information content (AvgIpc) is 2.59. The molecule has 2 aromatic rings. The number of para-hydroxylation sites is 1. The Balaban J connectivity index is 1.74. The van der Waals surface area contributed by atoms with Crippen LogP contribution in [0.5, 0.6) is 0 Å². The highest BCUT2D eigenvalue weighted by atomic mass is 16.5. The standard InChI is InChI=1S/C19H24N2O2/c1-2-16-13-20(9-10-23-16)12-15-11-18(22)21-8-4-6-14-5-3-7-17(15)19(14)21/h3,5,7,11,16H,2,4,6,8-10,12-13H2,1H3/t16-/m1/s1. The van der Waals surface area contributed by atoms with Crippen LogP contribution < -0.4 is 5.56 Å². The number of hydrogen-bond acceptors (Lipinski definition) is 3. The lowest BCUT2D eigenvalue weighted by Crippen LogP contribution is -2.41. The first kappa shape index (κ1) is 14.9. The first-order chi connectivity index (χ1) is 11.3. The van der Waals surface area contributed by atoms with Crippen LogP contribution in [-0.4, -0.2) is 35.3 Å². The Morgan fingerprint density at radius 2 is 2.22 bits per heavy atom. The normalized spacial score (nSPS) is 21.7. The van der Waals surface area contributed by atoms with Crippen molar-refractivity contribution in [2.45, 2.75) is 45.4 Å². The molecule has 3 heterocycles. The second-order valence-electron chi connectivity index (χ2n) is 6.71. The third-order valence-corrected chi connectivity index (χ3v) is 5.20. The fraction of sp³-hybridized carbons (Fsp3) is 0.526. The summed E-state index contributed by atoms with van der Waals surface area (Å²) >= 11 is 0. The van der Waals surface area contributed by atoms with E-state index in [1.165, 1.54) is 22.0 Å².